The number of rotatable bonds is 10. The van der Waals surface area contributed by atoms with Crippen LogP contribution in [0.5, 0.6) is 0 Å². The van der Waals surface area contributed by atoms with Crippen LogP contribution in [-0.4, -0.2) is 48.1 Å². The van der Waals surface area contributed by atoms with E-state index in [1.807, 2.05) is 0 Å². The Labute approximate surface area is 189 Å². The van der Waals surface area contributed by atoms with Gasteiger partial charge >= 0.3 is 0 Å². The van der Waals surface area contributed by atoms with Crippen LogP contribution >= 0.6 is 0 Å². The molecule has 9 nitrogen and oxygen atoms in total. The first kappa shape index (κ1) is 24.3. The fourth-order valence-electron chi connectivity index (χ4n) is 4.22. The van der Waals surface area contributed by atoms with Crippen molar-refractivity contribution in [1.82, 2.24) is 19.9 Å². The molecule has 0 spiro atoms. The number of nitrogens with zero attached hydrogens (tertiary/aromatic N) is 3. The lowest BCUT2D eigenvalue weighted by Crippen LogP contribution is -2.22. The first-order chi connectivity index (χ1) is 15.3. The number of hydrogen-bond acceptors (Lipinski definition) is 7. The standard InChI is InChI=1S/C22H32N4O5S/c1-26(2)32(29,30)19-13-11-17(12-14-19)21-23-22(31-25-21)18(15-20(27)24-28)10-6-9-16-7-4-3-5-8-16/h11-14,16,18,28H,3-10,15H2,1-2H3,(H,24,27). The second-order valence-electron chi connectivity index (χ2n) is 8.64. The Morgan fingerprint density at radius 3 is 2.53 bits per heavy atom. The van der Waals surface area contributed by atoms with E-state index in [0.29, 0.717) is 23.7 Å². The number of carbonyl (C=O) groups excluding carboxylic acids is 1. The van der Waals surface area contributed by atoms with Crippen molar-refractivity contribution in [2.45, 2.75) is 68.6 Å². The van der Waals surface area contributed by atoms with E-state index < -0.39 is 15.9 Å². The summed E-state index contributed by atoms with van der Waals surface area (Å²) in [6.45, 7) is 0. The summed E-state index contributed by atoms with van der Waals surface area (Å²) in [6, 6.07) is 6.26. The summed E-state index contributed by atoms with van der Waals surface area (Å²) in [5.74, 6) is 0.630. The molecule has 1 unspecified atom stereocenters. The molecule has 1 fully saturated rings. The number of amides is 1. The number of carbonyl (C=O) groups is 1. The molecular formula is C22H32N4O5S. The van der Waals surface area contributed by atoms with Crippen molar-refractivity contribution < 1.29 is 22.9 Å². The van der Waals surface area contributed by atoms with Crippen molar-refractivity contribution in [2.75, 3.05) is 14.1 Å². The zero-order valence-corrected chi connectivity index (χ0v) is 19.5. The van der Waals surface area contributed by atoms with Gasteiger partial charge in [0.25, 0.3) is 0 Å². The highest BCUT2D eigenvalue weighted by atomic mass is 32.2. The first-order valence-corrected chi connectivity index (χ1v) is 12.5. The van der Waals surface area contributed by atoms with Gasteiger partial charge in [-0.05, 0) is 36.6 Å². The number of aromatic nitrogens is 2. The van der Waals surface area contributed by atoms with Gasteiger partial charge in [0.2, 0.25) is 27.6 Å². The molecule has 1 aliphatic carbocycles. The van der Waals surface area contributed by atoms with Gasteiger partial charge in [-0.15, -0.1) is 0 Å². The SMILES string of the molecule is CN(C)S(=O)(=O)c1ccc(-c2noc(C(CCCC3CCCCC3)CC(=O)NO)n2)cc1. The van der Waals surface area contributed by atoms with Crippen molar-refractivity contribution in [2.24, 2.45) is 5.92 Å². The van der Waals surface area contributed by atoms with E-state index in [4.69, 9.17) is 9.73 Å². The van der Waals surface area contributed by atoms with E-state index in [1.54, 1.807) is 17.6 Å². The molecule has 1 atom stereocenters. The van der Waals surface area contributed by atoms with E-state index >= 15 is 0 Å². The molecule has 0 bridgehead atoms. The monoisotopic (exact) mass is 464 g/mol. The van der Waals surface area contributed by atoms with Gasteiger partial charge in [-0.3, -0.25) is 10.0 Å². The fraction of sp³-hybridized carbons (Fsp3) is 0.591. The van der Waals surface area contributed by atoms with E-state index in [9.17, 15) is 13.2 Å². The molecule has 176 valence electrons. The summed E-state index contributed by atoms with van der Waals surface area (Å²) in [5, 5.41) is 13.0. The topological polar surface area (TPSA) is 126 Å². The lowest BCUT2D eigenvalue weighted by molar-refractivity contribution is -0.129. The van der Waals surface area contributed by atoms with Crippen molar-refractivity contribution in [1.29, 1.82) is 0 Å². The van der Waals surface area contributed by atoms with E-state index in [-0.39, 0.29) is 17.2 Å². The van der Waals surface area contributed by atoms with Crippen LogP contribution in [0.2, 0.25) is 0 Å². The zero-order valence-electron chi connectivity index (χ0n) is 18.7. The Balaban J connectivity index is 1.70. The molecule has 0 saturated heterocycles. The van der Waals surface area contributed by atoms with Crippen LogP contribution in [0, 0.1) is 5.92 Å². The zero-order chi connectivity index (χ0) is 23.1. The van der Waals surface area contributed by atoms with Crippen molar-refractivity contribution in [3.63, 3.8) is 0 Å². The maximum atomic E-state index is 12.2. The lowest BCUT2D eigenvalue weighted by atomic mass is 9.84. The Hall–Kier alpha value is -2.30. The largest absolute Gasteiger partial charge is 0.339 e. The predicted octanol–water partition coefficient (Wildman–Crippen LogP) is 3.72. The molecule has 2 N–H and O–H groups in total. The summed E-state index contributed by atoms with van der Waals surface area (Å²) in [6.07, 6.45) is 9.28. The van der Waals surface area contributed by atoms with E-state index in [1.165, 1.54) is 58.3 Å². The molecule has 1 aromatic heterocycles. The van der Waals surface area contributed by atoms with Crippen LogP contribution in [0.25, 0.3) is 11.4 Å². The van der Waals surface area contributed by atoms with E-state index in [2.05, 4.69) is 10.1 Å². The first-order valence-electron chi connectivity index (χ1n) is 11.1. The third-order valence-electron chi connectivity index (χ3n) is 6.13. The third kappa shape index (κ3) is 6.14. The Kier molecular flexibility index (Phi) is 8.38. The Morgan fingerprint density at radius 2 is 1.91 bits per heavy atom. The van der Waals surface area contributed by atoms with Gasteiger partial charge in [-0.25, -0.2) is 18.2 Å². The molecule has 0 aliphatic heterocycles. The molecule has 1 aromatic carbocycles. The second-order valence-corrected chi connectivity index (χ2v) is 10.8. The van der Waals surface area contributed by atoms with Crippen LogP contribution in [-0.2, 0) is 14.8 Å². The third-order valence-corrected chi connectivity index (χ3v) is 7.96. The van der Waals surface area contributed by atoms with Gasteiger partial charge in [-0.1, -0.05) is 50.1 Å². The Bertz CT molecular complexity index is 982. The molecule has 10 heteroatoms. The van der Waals surface area contributed by atoms with Gasteiger partial charge in [0.05, 0.1) is 4.90 Å². The maximum Gasteiger partial charge on any atom is 0.244 e. The van der Waals surface area contributed by atoms with Crippen molar-refractivity contribution in [3.8, 4) is 11.4 Å². The Morgan fingerprint density at radius 1 is 1.22 bits per heavy atom. The van der Waals surface area contributed by atoms with Gasteiger partial charge in [0.15, 0.2) is 0 Å². The highest BCUT2D eigenvalue weighted by Gasteiger charge is 2.24. The predicted molar refractivity (Wildman–Crippen MR) is 118 cm³/mol. The van der Waals surface area contributed by atoms with Crippen LogP contribution in [0.3, 0.4) is 0 Å². The van der Waals surface area contributed by atoms with Gasteiger partial charge < -0.3 is 4.52 Å². The van der Waals surface area contributed by atoms with Crippen molar-refractivity contribution >= 4 is 15.9 Å². The number of benzene rings is 1. The summed E-state index contributed by atoms with van der Waals surface area (Å²) in [5.41, 5.74) is 2.30. The van der Waals surface area contributed by atoms with Gasteiger partial charge in [0, 0.05) is 32.0 Å². The quantitative estimate of drug-likeness (QED) is 0.405. The molecule has 1 aliphatic rings. The molecule has 1 heterocycles. The molecular weight excluding hydrogens is 432 g/mol. The second kappa shape index (κ2) is 11.0. The summed E-state index contributed by atoms with van der Waals surface area (Å²) in [4.78, 5) is 16.4. The molecule has 32 heavy (non-hydrogen) atoms. The van der Waals surface area contributed by atoms with Crippen LogP contribution < -0.4 is 5.48 Å². The average molecular weight is 465 g/mol. The average Bonchev–Trinajstić information content (AvgIpc) is 3.29. The van der Waals surface area contributed by atoms with Gasteiger partial charge in [-0.2, -0.15) is 4.98 Å². The lowest BCUT2D eigenvalue weighted by Gasteiger charge is -2.22. The summed E-state index contributed by atoms with van der Waals surface area (Å²) < 4.78 is 31.1. The smallest absolute Gasteiger partial charge is 0.244 e. The number of sulfonamides is 1. The minimum atomic E-state index is -3.52. The maximum absolute atomic E-state index is 12.2. The van der Waals surface area contributed by atoms with Crippen LogP contribution in [0.15, 0.2) is 33.7 Å². The van der Waals surface area contributed by atoms with Crippen molar-refractivity contribution in [3.05, 3.63) is 30.2 Å². The number of hydroxylamine groups is 1. The molecule has 1 saturated carbocycles. The number of hydrogen-bond donors (Lipinski definition) is 2. The normalized spacial score (nSPS) is 16.2. The summed E-state index contributed by atoms with van der Waals surface area (Å²) >= 11 is 0. The van der Waals surface area contributed by atoms with Crippen LogP contribution in [0.4, 0.5) is 0 Å². The molecule has 0 radical (unpaired) electrons. The minimum absolute atomic E-state index is 0.0583. The number of nitrogens with one attached hydrogen (secondary N) is 1. The fourth-order valence-corrected chi connectivity index (χ4v) is 5.12. The van der Waals surface area contributed by atoms with Gasteiger partial charge in [0.1, 0.15) is 0 Å². The molecule has 2 aromatic rings. The van der Waals surface area contributed by atoms with E-state index in [0.717, 1.165) is 23.1 Å². The molecule has 1 amide bonds. The minimum Gasteiger partial charge on any atom is -0.339 e. The summed E-state index contributed by atoms with van der Waals surface area (Å²) in [7, 11) is -0.564. The van der Waals surface area contributed by atoms with Crippen LogP contribution in [0.1, 0.15) is 69.6 Å². The highest BCUT2D eigenvalue weighted by Crippen LogP contribution is 2.32. The molecule has 3 rings (SSSR count). The highest BCUT2D eigenvalue weighted by molar-refractivity contribution is 7.89.